The average Bonchev–Trinajstić information content (AvgIpc) is 3.15. The fourth-order valence-electron chi connectivity index (χ4n) is 3.36. The Balaban J connectivity index is 0.000000156. The minimum atomic E-state index is 0.491. The van der Waals surface area contributed by atoms with Gasteiger partial charge < -0.3 is 4.85 Å². The number of thioether (sulfide) groups is 2. The SMILES string of the molecule is CSC1=C(C)Cc2ccc(Cl)nc21.[C-]#[N+]c1ccc2c(n1)C(SC)=C(C)C2. The van der Waals surface area contributed by atoms with Gasteiger partial charge in [0.05, 0.1) is 10.6 Å². The molecule has 6 heteroatoms. The number of aromatic nitrogens is 2. The largest absolute Gasteiger partial charge is 0.361 e. The second-order valence-electron chi connectivity index (χ2n) is 6.41. The molecule has 0 unspecified atom stereocenters. The Kier molecular flexibility index (Phi) is 6.31. The Hall–Kier alpha value is -1.74. The summed E-state index contributed by atoms with van der Waals surface area (Å²) in [5.41, 5.74) is 7.41. The molecule has 2 aliphatic rings. The molecule has 0 spiro atoms. The monoisotopic (exact) mass is 413 g/mol. The highest BCUT2D eigenvalue weighted by Crippen LogP contribution is 2.39. The third kappa shape index (κ3) is 4.08. The predicted molar refractivity (Wildman–Crippen MR) is 119 cm³/mol. The van der Waals surface area contributed by atoms with Gasteiger partial charge in [0, 0.05) is 10.5 Å². The quantitative estimate of drug-likeness (QED) is 0.406. The van der Waals surface area contributed by atoms with Crippen molar-refractivity contribution in [3.8, 4) is 0 Å². The number of halogens is 1. The lowest BCUT2D eigenvalue weighted by molar-refractivity contribution is 1.16. The third-order valence-corrected chi connectivity index (χ3v) is 6.66. The highest BCUT2D eigenvalue weighted by Gasteiger charge is 2.23. The van der Waals surface area contributed by atoms with Crippen LogP contribution in [-0.4, -0.2) is 22.5 Å². The van der Waals surface area contributed by atoms with Crippen LogP contribution in [0.5, 0.6) is 0 Å². The van der Waals surface area contributed by atoms with E-state index in [1.54, 1.807) is 29.6 Å². The summed E-state index contributed by atoms with van der Waals surface area (Å²) in [6, 6.07) is 7.74. The number of rotatable bonds is 2. The van der Waals surface area contributed by atoms with Crippen LogP contribution in [0.25, 0.3) is 14.7 Å². The van der Waals surface area contributed by atoms with Crippen LogP contribution in [0.4, 0.5) is 5.82 Å². The summed E-state index contributed by atoms with van der Waals surface area (Å²) in [4.78, 5) is 14.6. The van der Waals surface area contributed by atoms with E-state index < -0.39 is 0 Å². The van der Waals surface area contributed by atoms with Crippen molar-refractivity contribution in [3.05, 3.63) is 74.5 Å². The maximum atomic E-state index is 6.92. The first-order chi connectivity index (χ1) is 13.0. The number of hydrogen-bond acceptors (Lipinski definition) is 4. The number of nitrogens with zero attached hydrogens (tertiary/aromatic N) is 3. The van der Waals surface area contributed by atoms with Crippen LogP contribution in [0.3, 0.4) is 0 Å². The summed E-state index contributed by atoms with van der Waals surface area (Å²) in [5, 5.41) is 0.583. The molecule has 0 aliphatic heterocycles. The molecule has 0 saturated carbocycles. The van der Waals surface area contributed by atoms with E-state index in [-0.39, 0.29) is 0 Å². The average molecular weight is 414 g/mol. The number of fused-ring (bicyclic) bond motifs is 2. The maximum absolute atomic E-state index is 6.92. The van der Waals surface area contributed by atoms with Crippen molar-refractivity contribution in [2.24, 2.45) is 0 Å². The molecule has 0 amide bonds. The summed E-state index contributed by atoms with van der Waals surface area (Å²) in [5.74, 6) is 0.491. The lowest BCUT2D eigenvalue weighted by atomic mass is 10.2. The molecule has 0 radical (unpaired) electrons. The molecule has 4 rings (SSSR count). The standard InChI is InChI=1S/C11H10N2S.C10H10ClNS/c1-7-6-8-4-5-9(12-2)13-10(8)11(7)14-3;1-6-5-7-3-4-8(11)12-9(7)10(6)13-2/h4-5H,6H2,1,3H3;3-4H,5H2,1-2H3. The molecular weight excluding hydrogens is 394 g/mol. The van der Waals surface area contributed by atoms with Crippen molar-refractivity contribution in [3.63, 3.8) is 0 Å². The van der Waals surface area contributed by atoms with Gasteiger partial charge in [0.2, 0.25) is 0 Å². The molecule has 27 heavy (non-hydrogen) atoms. The molecule has 0 atom stereocenters. The van der Waals surface area contributed by atoms with Crippen molar-refractivity contribution < 1.29 is 0 Å². The second-order valence-corrected chi connectivity index (χ2v) is 8.43. The molecule has 2 aromatic rings. The lowest BCUT2D eigenvalue weighted by Crippen LogP contribution is -1.87. The van der Waals surface area contributed by atoms with Crippen LogP contribution < -0.4 is 0 Å². The molecule has 0 fully saturated rings. The minimum Gasteiger partial charge on any atom is -0.361 e. The van der Waals surface area contributed by atoms with Crippen LogP contribution in [0, 0.1) is 6.57 Å². The molecule has 0 N–H and O–H groups in total. The highest BCUT2D eigenvalue weighted by molar-refractivity contribution is 8.08. The van der Waals surface area contributed by atoms with Gasteiger partial charge in [-0.3, -0.25) is 0 Å². The van der Waals surface area contributed by atoms with Crippen LogP contribution in [0.1, 0.15) is 36.4 Å². The topological polar surface area (TPSA) is 30.1 Å². The zero-order chi connectivity index (χ0) is 19.6. The summed E-state index contributed by atoms with van der Waals surface area (Å²) in [6.07, 6.45) is 6.14. The number of hydrogen-bond donors (Lipinski definition) is 0. The van der Waals surface area contributed by atoms with E-state index in [1.807, 2.05) is 12.1 Å². The van der Waals surface area contributed by atoms with E-state index in [0.717, 1.165) is 24.2 Å². The van der Waals surface area contributed by atoms with E-state index in [4.69, 9.17) is 18.2 Å². The third-order valence-electron chi connectivity index (χ3n) is 4.55. The van der Waals surface area contributed by atoms with Gasteiger partial charge in [0.1, 0.15) is 5.15 Å². The van der Waals surface area contributed by atoms with Crippen LogP contribution >= 0.6 is 35.1 Å². The van der Waals surface area contributed by atoms with Crippen molar-refractivity contribution in [1.82, 2.24) is 9.97 Å². The van der Waals surface area contributed by atoms with E-state index in [2.05, 4.69) is 47.2 Å². The molecular formula is C21H20ClN3S2. The van der Waals surface area contributed by atoms with Gasteiger partial charge in [0.25, 0.3) is 5.82 Å². The molecule has 0 bridgehead atoms. The first kappa shape index (κ1) is 20.0. The summed E-state index contributed by atoms with van der Waals surface area (Å²) < 4.78 is 0. The normalized spacial score (nSPS) is 14.5. The van der Waals surface area contributed by atoms with E-state index in [9.17, 15) is 0 Å². The Morgan fingerprint density at radius 3 is 1.93 bits per heavy atom. The maximum Gasteiger partial charge on any atom is 0.270 e. The van der Waals surface area contributed by atoms with Crippen LogP contribution in [0.2, 0.25) is 5.15 Å². The zero-order valence-electron chi connectivity index (χ0n) is 15.8. The summed E-state index contributed by atoms with van der Waals surface area (Å²) in [6.45, 7) is 11.2. The smallest absolute Gasteiger partial charge is 0.270 e. The van der Waals surface area contributed by atoms with Gasteiger partial charge in [-0.15, -0.1) is 28.5 Å². The Morgan fingerprint density at radius 1 is 0.889 bits per heavy atom. The molecule has 138 valence electrons. The molecule has 2 heterocycles. The van der Waals surface area contributed by atoms with Gasteiger partial charge in [-0.2, -0.15) is 0 Å². The van der Waals surface area contributed by atoms with Gasteiger partial charge in [-0.1, -0.05) is 41.5 Å². The van der Waals surface area contributed by atoms with E-state index in [1.165, 1.54) is 32.1 Å². The van der Waals surface area contributed by atoms with E-state index >= 15 is 0 Å². The molecule has 0 aromatic carbocycles. The molecule has 0 saturated heterocycles. The summed E-state index contributed by atoms with van der Waals surface area (Å²) >= 11 is 9.32. The molecule has 3 nitrogen and oxygen atoms in total. The Labute approximate surface area is 174 Å². The molecule has 2 aromatic heterocycles. The Morgan fingerprint density at radius 2 is 1.41 bits per heavy atom. The first-order valence-electron chi connectivity index (χ1n) is 8.49. The highest BCUT2D eigenvalue weighted by atomic mass is 35.5. The lowest BCUT2D eigenvalue weighted by Gasteiger charge is -2.01. The van der Waals surface area contributed by atoms with Crippen molar-refractivity contribution in [1.29, 1.82) is 0 Å². The Bertz CT molecular complexity index is 1000. The van der Waals surface area contributed by atoms with Gasteiger partial charge in [0.15, 0.2) is 5.69 Å². The minimum absolute atomic E-state index is 0.491. The first-order valence-corrected chi connectivity index (χ1v) is 11.3. The summed E-state index contributed by atoms with van der Waals surface area (Å²) in [7, 11) is 0. The van der Waals surface area contributed by atoms with Crippen molar-refractivity contribution in [2.75, 3.05) is 12.5 Å². The van der Waals surface area contributed by atoms with Crippen LogP contribution in [-0.2, 0) is 12.8 Å². The zero-order valence-corrected chi connectivity index (χ0v) is 18.1. The number of allylic oxidation sites excluding steroid dienone is 2. The van der Waals surface area contributed by atoms with Gasteiger partial charge >= 0.3 is 0 Å². The predicted octanol–water partition coefficient (Wildman–Crippen LogP) is 6.67. The fraction of sp³-hybridized carbons (Fsp3) is 0.286. The van der Waals surface area contributed by atoms with E-state index in [0.29, 0.717) is 11.0 Å². The second kappa shape index (κ2) is 8.52. The van der Waals surface area contributed by atoms with Crippen LogP contribution in [0.15, 0.2) is 35.4 Å². The molecule has 2 aliphatic carbocycles. The van der Waals surface area contributed by atoms with Crippen molar-refractivity contribution >= 4 is 50.8 Å². The number of pyridine rings is 2. The van der Waals surface area contributed by atoms with Crippen molar-refractivity contribution in [2.45, 2.75) is 26.7 Å². The van der Waals surface area contributed by atoms with Gasteiger partial charge in [-0.05, 0) is 56.9 Å². The fourth-order valence-corrected chi connectivity index (χ4v) is 5.09. The van der Waals surface area contributed by atoms with Gasteiger partial charge in [-0.25, -0.2) is 4.98 Å².